The van der Waals surface area contributed by atoms with E-state index in [0.29, 0.717) is 25.4 Å². The van der Waals surface area contributed by atoms with Crippen LogP contribution in [0.4, 0.5) is 0 Å². The topological polar surface area (TPSA) is 89.9 Å². The van der Waals surface area contributed by atoms with E-state index in [1.165, 1.54) is 0 Å². The fourth-order valence-corrected chi connectivity index (χ4v) is 2.26. The van der Waals surface area contributed by atoms with E-state index in [2.05, 4.69) is 4.98 Å². The van der Waals surface area contributed by atoms with Crippen LogP contribution in [-0.4, -0.2) is 35.9 Å². The third-order valence-electron chi connectivity index (χ3n) is 3.53. The van der Waals surface area contributed by atoms with Gasteiger partial charge in [0.1, 0.15) is 24.2 Å². The van der Waals surface area contributed by atoms with Crippen molar-refractivity contribution in [1.29, 1.82) is 0 Å². The summed E-state index contributed by atoms with van der Waals surface area (Å²) in [4.78, 5) is 15.8. The molecule has 0 aliphatic heterocycles. The summed E-state index contributed by atoms with van der Waals surface area (Å²) in [7, 11) is 1.60. The molecule has 1 heterocycles. The molecule has 1 amide bonds. The van der Waals surface area contributed by atoms with Crippen molar-refractivity contribution in [2.24, 2.45) is 0 Å². The Morgan fingerprint density at radius 2 is 1.96 bits per heavy atom. The second-order valence-electron chi connectivity index (χ2n) is 5.24. The first-order valence-electron chi connectivity index (χ1n) is 7.92. The van der Waals surface area contributed by atoms with Crippen molar-refractivity contribution in [2.45, 2.75) is 26.1 Å². The molecule has 0 fully saturated rings. The summed E-state index contributed by atoms with van der Waals surface area (Å²) in [5, 5.41) is 8.76. The van der Waals surface area contributed by atoms with Crippen molar-refractivity contribution < 1.29 is 24.2 Å². The van der Waals surface area contributed by atoms with Crippen molar-refractivity contribution in [2.75, 3.05) is 13.7 Å². The average Bonchev–Trinajstić information content (AvgIpc) is 2.66. The molecule has 2 aromatic rings. The van der Waals surface area contributed by atoms with Crippen LogP contribution in [0.25, 0.3) is 0 Å². The molecule has 8 heteroatoms. The van der Waals surface area contributed by atoms with Crippen LogP contribution in [-0.2, 0) is 22.6 Å². The summed E-state index contributed by atoms with van der Waals surface area (Å²) in [6.07, 6.45) is 1.29. The monoisotopic (exact) mass is 382 g/mol. The summed E-state index contributed by atoms with van der Waals surface area (Å²) >= 11 is 0. The van der Waals surface area contributed by atoms with Gasteiger partial charge in [0.15, 0.2) is 0 Å². The Morgan fingerprint density at radius 3 is 2.58 bits per heavy atom. The highest BCUT2D eigenvalue weighted by atomic mass is 35.5. The Labute approximate surface area is 158 Å². The first-order chi connectivity index (χ1) is 12.2. The van der Waals surface area contributed by atoms with E-state index in [1.807, 2.05) is 30.3 Å². The number of amides is 1. The zero-order valence-corrected chi connectivity index (χ0v) is 15.5. The van der Waals surface area contributed by atoms with Gasteiger partial charge in [0, 0.05) is 25.3 Å². The van der Waals surface area contributed by atoms with E-state index < -0.39 is 12.0 Å². The number of hydrogen-bond donors (Lipinski definition) is 2. The summed E-state index contributed by atoms with van der Waals surface area (Å²) in [6, 6.07) is 10.9. The summed E-state index contributed by atoms with van der Waals surface area (Å²) in [6.45, 7) is 2.50. The van der Waals surface area contributed by atoms with Crippen molar-refractivity contribution in [3.8, 4) is 11.5 Å². The highest BCUT2D eigenvalue weighted by molar-refractivity contribution is 5.85. The van der Waals surface area contributed by atoms with Gasteiger partial charge in [-0.1, -0.05) is 12.1 Å². The van der Waals surface area contributed by atoms with Gasteiger partial charge in [-0.15, -0.1) is 12.4 Å². The number of nitrogens with zero attached hydrogens (tertiary/aromatic N) is 1. The maximum Gasteiger partial charge on any atom is 0.272 e. The molecule has 0 spiro atoms. The Bertz CT molecular complexity index is 682. The second kappa shape index (κ2) is 11.3. The number of nitrogens with one attached hydrogen (secondary N) is 1. The van der Waals surface area contributed by atoms with E-state index in [0.717, 1.165) is 17.0 Å². The SMILES string of the molecule is CCO[C@@H](Cc1ccc(OCc2cc(OC)ccn2)cc1)C(=O)NO.Cl. The van der Waals surface area contributed by atoms with Gasteiger partial charge < -0.3 is 14.2 Å². The first kappa shape index (κ1) is 21.7. The number of pyridine rings is 1. The van der Waals surface area contributed by atoms with Crippen LogP contribution in [0.1, 0.15) is 18.2 Å². The maximum atomic E-state index is 11.6. The fraction of sp³-hybridized carbons (Fsp3) is 0.333. The first-order valence-corrected chi connectivity index (χ1v) is 7.92. The molecule has 7 nitrogen and oxygen atoms in total. The molecule has 1 aromatic heterocycles. The van der Waals surface area contributed by atoms with E-state index >= 15 is 0 Å². The Morgan fingerprint density at radius 1 is 1.23 bits per heavy atom. The highest BCUT2D eigenvalue weighted by Crippen LogP contribution is 2.17. The number of benzene rings is 1. The number of carbonyl (C=O) groups is 1. The van der Waals surface area contributed by atoms with Gasteiger partial charge >= 0.3 is 0 Å². The molecule has 26 heavy (non-hydrogen) atoms. The Hall–Kier alpha value is -2.35. The minimum Gasteiger partial charge on any atom is -0.497 e. The van der Waals surface area contributed by atoms with Crippen LogP contribution in [0, 0.1) is 0 Å². The minimum absolute atomic E-state index is 0. The van der Waals surface area contributed by atoms with Crippen molar-refractivity contribution in [1.82, 2.24) is 10.5 Å². The molecule has 0 saturated heterocycles. The molecule has 1 atom stereocenters. The van der Waals surface area contributed by atoms with Gasteiger partial charge in [0.05, 0.1) is 12.8 Å². The van der Waals surface area contributed by atoms with Crippen molar-refractivity contribution >= 4 is 18.3 Å². The summed E-state index contributed by atoms with van der Waals surface area (Å²) in [5.74, 6) is 0.854. The zero-order valence-electron chi connectivity index (χ0n) is 14.7. The number of aromatic nitrogens is 1. The molecule has 0 radical (unpaired) electrons. The van der Waals surface area contributed by atoms with Crippen molar-refractivity contribution in [3.63, 3.8) is 0 Å². The molecule has 0 aliphatic carbocycles. The average molecular weight is 383 g/mol. The number of methoxy groups -OCH3 is 1. The minimum atomic E-state index is -0.734. The van der Waals surface area contributed by atoms with Crippen LogP contribution in [0.2, 0.25) is 0 Å². The lowest BCUT2D eigenvalue weighted by Crippen LogP contribution is -2.36. The third kappa shape index (κ3) is 6.51. The largest absolute Gasteiger partial charge is 0.497 e. The van der Waals surface area contributed by atoms with Gasteiger partial charge in [-0.2, -0.15) is 0 Å². The second-order valence-corrected chi connectivity index (χ2v) is 5.24. The molecule has 2 rings (SSSR count). The van der Waals surface area contributed by atoms with Crippen LogP contribution in [0.15, 0.2) is 42.6 Å². The van der Waals surface area contributed by atoms with E-state index in [1.54, 1.807) is 31.8 Å². The fourth-order valence-electron chi connectivity index (χ4n) is 2.26. The van der Waals surface area contributed by atoms with Crippen molar-refractivity contribution in [3.05, 3.63) is 53.9 Å². The van der Waals surface area contributed by atoms with Crippen LogP contribution in [0.5, 0.6) is 11.5 Å². The van der Waals surface area contributed by atoms with Gasteiger partial charge in [0.25, 0.3) is 5.91 Å². The summed E-state index contributed by atoms with van der Waals surface area (Å²) < 4.78 is 16.2. The molecule has 0 saturated carbocycles. The number of hydrogen-bond acceptors (Lipinski definition) is 6. The smallest absolute Gasteiger partial charge is 0.272 e. The molecule has 0 bridgehead atoms. The lowest BCUT2D eigenvalue weighted by atomic mass is 10.1. The van der Waals surface area contributed by atoms with Gasteiger partial charge in [-0.25, -0.2) is 5.48 Å². The number of carbonyl (C=O) groups excluding carboxylic acids is 1. The normalized spacial score (nSPS) is 11.2. The van der Waals surface area contributed by atoms with E-state index in [4.69, 9.17) is 19.4 Å². The molecular weight excluding hydrogens is 360 g/mol. The lowest BCUT2D eigenvalue weighted by molar-refractivity contribution is -0.141. The van der Waals surface area contributed by atoms with Crippen LogP contribution >= 0.6 is 12.4 Å². The van der Waals surface area contributed by atoms with Gasteiger partial charge in [-0.05, 0) is 30.7 Å². The third-order valence-corrected chi connectivity index (χ3v) is 3.53. The zero-order chi connectivity index (χ0) is 18.1. The maximum absolute atomic E-state index is 11.6. The Balaban J connectivity index is 0.00000338. The lowest BCUT2D eigenvalue weighted by Gasteiger charge is -2.15. The van der Waals surface area contributed by atoms with Gasteiger partial charge in [0.2, 0.25) is 0 Å². The van der Waals surface area contributed by atoms with Crippen LogP contribution in [0.3, 0.4) is 0 Å². The van der Waals surface area contributed by atoms with E-state index in [-0.39, 0.29) is 12.4 Å². The summed E-state index contributed by atoms with van der Waals surface area (Å²) in [5.41, 5.74) is 3.28. The molecule has 0 unspecified atom stereocenters. The highest BCUT2D eigenvalue weighted by Gasteiger charge is 2.18. The van der Waals surface area contributed by atoms with Crippen LogP contribution < -0.4 is 15.0 Å². The molecule has 0 aliphatic rings. The van der Waals surface area contributed by atoms with E-state index in [9.17, 15) is 4.79 Å². The molecule has 2 N–H and O–H groups in total. The predicted octanol–water partition coefficient (Wildman–Crippen LogP) is 2.54. The quantitative estimate of drug-likeness (QED) is 0.511. The number of halogens is 1. The number of hydroxylamine groups is 1. The number of rotatable bonds is 9. The van der Waals surface area contributed by atoms with Gasteiger partial charge in [-0.3, -0.25) is 15.0 Å². The number of ether oxygens (including phenoxy) is 3. The molecular formula is C18H23ClN2O5. The molecule has 142 valence electrons. The predicted molar refractivity (Wildman–Crippen MR) is 97.9 cm³/mol. The molecule has 1 aromatic carbocycles. The Kier molecular flexibility index (Phi) is 9.43. The standard InChI is InChI=1S/C18H22N2O5.ClH/c1-3-24-17(18(21)20-22)10-13-4-6-15(7-5-13)25-12-14-11-16(23-2)8-9-19-14;/h4-9,11,17,22H,3,10,12H2,1-2H3,(H,20,21);1H/t17-;/m0./s1.